The van der Waals surface area contributed by atoms with Crippen molar-refractivity contribution in [3.05, 3.63) is 118 Å². The van der Waals surface area contributed by atoms with Crippen LogP contribution in [-0.2, 0) is 6.42 Å². The Labute approximate surface area is 267 Å². The third kappa shape index (κ3) is 7.85. The fraction of sp³-hybridized carbons (Fsp3) is 0.0714. The van der Waals surface area contributed by atoms with Crippen LogP contribution in [0.5, 0.6) is 0 Å². The molecule has 5 rings (SSSR count). The minimum absolute atomic E-state index is 0. The summed E-state index contributed by atoms with van der Waals surface area (Å²) in [7, 11) is 0. The van der Waals surface area contributed by atoms with Crippen molar-refractivity contribution in [2.45, 2.75) is 13.3 Å². The van der Waals surface area contributed by atoms with Gasteiger partial charge in [0.1, 0.15) is 17.5 Å². The summed E-state index contributed by atoms with van der Waals surface area (Å²) < 4.78 is 28.7. The Morgan fingerprint density at radius 2 is 1.76 bits per heavy atom. The summed E-state index contributed by atoms with van der Waals surface area (Å²) >= 11 is 5.85. The molecule has 0 atom stereocenters. The van der Waals surface area contributed by atoms with Crippen molar-refractivity contribution < 1.29 is 70.1 Å². The Balaban J connectivity index is 0.000000436. The Morgan fingerprint density at radius 1 is 1.05 bits per heavy atom. The molecule has 2 aromatic heterocycles. The van der Waals surface area contributed by atoms with Crippen molar-refractivity contribution in [2.24, 2.45) is 5.84 Å². The number of benzene rings is 3. The van der Waals surface area contributed by atoms with E-state index < -0.39 is 5.82 Å². The number of aryl methyl sites for hydroxylation is 1. The molecule has 2 heterocycles. The monoisotopic (exact) mass is 558 g/mol. The molecule has 0 aliphatic heterocycles. The van der Waals surface area contributed by atoms with E-state index in [-0.39, 0.29) is 79.9 Å². The van der Waals surface area contributed by atoms with Gasteiger partial charge in [-0.1, -0.05) is 53.6 Å². The summed E-state index contributed by atoms with van der Waals surface area (Å²) in [6, 6.07) is 20.6. The Hall–Kier alpha value is -2.81. The fourth-order valence-electron chi connectivity index (χ4n) is 3.55. The van der Waals surface area contributed by atoms with E-state index in [0.717, 1.165) is 4.73 Å². The molecule has 0 saturated carbocycles. The molecule has 3 aromatic carbocycles. The number of pyridine rings is 1. The standard InChI is InChI=1S/C19H14ClF2N5O.C7H8.C2H2.K/c20-13-4-6-15(26-23)18(19(13)22)10-1-3-12(27(28)9-10)8-17-24-14-5-2-11(21)7-16(14)25-17;1-7-5-3-2-4-6-7;1-2;/h1-7,9,28H,8,23H2,(H,24,25);2-6H,1H3;1-2H;/q;;;+1. The van der Waals surface area contributed by atoms with Crippen molar-refractivity contribution >= 4 is 28.3 Å². The first-order chi connectivity index (χ1) is 17.9. The van der Waals surface area contributed by atoms with E-state index in [9.17, 15) is 14.0 Å². The fourth-order valence-corrected chi connectivity index (χ4v) is 3.71. The number of nitrogens with two attached hydrogens (primary N) is 1. The van der Waals surface area contributed by atoms with Crippen LogP contribution in [0.15, 0.2) is 79.0 Å². The van der Waals surface area contributed by atoms with Crippen molar-refractivity contribution in [3.8, 4) is 24.0 Å². The van der Waals surface area contributed by atoms with Crippen molar-refractivity contribution in [1.29, 1.82) is 0 Å². The molecule has 4 N–H and O–H groups in total. The number of nitrogens with zero attached hydrogens (tertiary/aromatic N) is 3. The number of rotatable bonds is 4. The summed E-state index contributed by atoms with van der Waals surface area (Å²) in [5.74, 6) is 4.83. The third-order valence-electron chi connectivity index (χ3n) is 5.29. The van der Waals surface area contributed by atoms with E-state index >= 15 is 0 Å². The molecule has 5 aromatic rings. The van der Waals surface area contributed by atoms with Gasteiger partial charge in [0.05, 0.1) is 28.0 Å². The number of nitrogens with one attached hydrogen (secondary N) is 1. The zero-order valence-electron chi connectivity index (χ0n) is 20.9. The predicted molar refractivity (Wildman–Crippen MR) is 141 cm³/mol. The minimum Gasteiger partial charge on any atom is -0.625 e. The number of terminal acetylenes is 1. The maximum Gasteiger partial charge on any atom is 1.00 e. The second kappa shape index (κ2) is 14.9. The first-order valence-electron chi connectivity index (χ1n) is 11.0. The van der Waals surface area contributed by atoms with E-state index in [2.05, 4.69) is 47.3 Å². The van der Waals surface area contributed by atoms with Crippen LogP contribution in [0.1, 0.15) is 17.1 Å². The second-order valence-electron chi connectivity index (χ2n) is 7.81. The van der Waals surface area contributed by atoms with Crippen molar-refractivity contribution in [1.82, 2.24) is 9.97 Å². The van der Waals surface area contributed by atoms with Crippen LogP contribution in [0.3, 0.4) is 0 Å². The number of H-pyrrole nitrogens is 1. The molecule has 0 unspecified atom stereocenters. The number of aromatic nitrogens is 3. The quantitative estimate of drug-likeness (QED) is 0.0788. The van der Waals surface area contributed by atoms with Gasteiger partial charge in [0, 0.05) is 16.4 Å². The number of hydrogen-bond acceptors (Lipinski definition) is 3. The maximum atomic E-state index is 14.5. The average molecular weight is 559 g/mol. The van der Waals surface area contributed by atoms with Gasteiger partial charge in [0.15, 0.2) is 0 Å². The third-order valence-corrected chi connectivity index (χ3v) is 5.59. The molecule has 0 amide bonds. The summed E-state index contributed by atoms with van der Waals surface area (Å²) in [5.41, 5.74) is 7.19. The normalized spacial score (nSPS) is 9.87. The smallest absolute Gasteiger partial charge is 0.625 e. The van der Waals surface area contributed by atoms with Gasteiger partial charge >= 0.3 is 51.4 Å². The topological polar surface area (TPSA) is 92.9 Å². The predicted octanol–water partition coefficient (Wildman–Crippen LogP) is 3.40. The van der Waals surface area contributed by atoms with Crippen LogP contribution >= 0.6 is 11.6 Å². The largest absolute Gasteiger partial charge is 1.00 e. The second-order valence-corrected chi connectivity index (χ2v) is 8.22. The summed E-state index contributed by atoms with van der Waals surface area (Å²) in [6.45, 7) is 2.08. The van der Waals surface area contributed by atoms with Gasteiger partial charge in [-0.05, 0) is 37.3 Å². The molecule has 10 heteroatoms. The van der Waals surface area contributed by atoms with Crippen LogP contribution in [0, 0.1) is 31.4 Å². The Bertz CT molecular complexity index is 1530. The summed E-state index contributed by atoms with van der Waals surface area (Å²) in [5, 5.41) is 10.3. The number of halogens is 3. The zero-order valence-corrected chi connectivity index (χ0v) is 24.7. The van der Waals surface area contributed by atoms with Gasteiger partial charge in [0.2, 0.25) is 11.9 Å². The van der Waals surface area contributed by atoms with E-state index in [1.165, 1.54) is 36.0 Å². The first kappa shape index (κ1) is 31.4. The van der Waals surface area contributed by atoms with Crippen LogP contribution < -0.4 is 62.0 Å². The van der Waals surface area contributed by atoms with Crippen LogP contribution in [0.2, 0.25) is 5.02 Å². The molecule has 0 aliphatic carbocycles. The molecule has 0 spiro atoms. The number of aromatic amines is 1. The van der Waals surface area contributed by atoms with E-state index in [1.54, 1.807) is 18.2 Å². The molecule has 38 heavy (non-hydrogen) atoms. The van der Waals surface area contributed by atoms with Gasteiger partial charge in [-0.2, -0.15) is 0 Å². The van der Waals surface area contributed by atoms with E-state index in [4.69, 9.17) is 17.4 Å². The Kier molecular flexibility index (Phi) is 12.4. The molecule has 0 fully saturated rings. The maximum absolute atomic E-state index is 14.5. The van der Waals surface area contributed by atoms with Crippen LogP contribution in [0.4, 0.5) is 14.5 Å². The summed E-state index contributed by atoms with van der Waals surface area (Å²) in [4.78, 5) is 7.38. The van der Waals surface area contributed by atoms with Crippen LogP contribution in [-0.4, -0.2) is 15.2 Å². The van der Waals surface area contributed by atoms with Gasteiger partial charge in [-0.15, -0.1) is 18.5 Å². The van der Waals surface area contributed by atoms with Gasteiger partial charge < -0.3 is 16.3 Å². The van der Waals surface area contributed by atoms with Gasteiger partial charge in [-0.3, -0.25) is 5.21 Å². The minimum atomic E-state index is -0.680. The molecule has 0 bridgehead atoms. The number of hydrogen-bond donors (Lipinski definition) is 3. The number of fused-ring (bicyclic) bond motifs is 1. The van der Waals surface area contributed by atoms with Crippen molar-refractivity contribution in [2.75, 3.05) is 0 Å². The molecule has 188 valence electrons. The van der Waals surface area contributed by atoms with Gasteiger partial charge in [0.25, 0.3) is 0 Å². The van der Waals surface area contributed by atoms with Gasteiger partial charge in [-0.25, -0.2) is 13.8 Å². The molecular weight excluding hydrogens is 535 g/mol. The summed E-state index contributed by atoms with van der Waals surface area (Å²) in [6.07, 6.45) is 9.58. The van der Waals surface area contributed by atoms with Crippen LogP contribution in [0.25, 0.3) is 27.6 Å². The SMILES string of the molecule is C#C.Cc1ccccc1.N[N-]c1ccc(Cl)c(F)c1-c1ccc(Cc2nc3ccc(F)cc3[nH]2)[n+](O)c1.[K+]. The Morgan fingerprint density at radius 3 is 2.37 bits per heavy atom. The van der Waals surface area contributed by atoms with E-state index in [0.29, 0.717) is 28.1 Å². The van der Waals surface area contributed by atoms with Crippen molar-refractivity contribution in [3.63, 3.8) is 0 Å². The molecule has 6 nitrogen and oxygen atoms in total. The molecule has 0 radical (unpaired) electrons. The first-order valence-corrected chi connectivity index (χ1v) is 11.4. The number of imidazole rings is 1. The van der Waals surface area contributed by atoms with E-state index in [1.807, 2.05) is 18.2 Å². The molecular formula is C28H24ClF2KN5O+. The molecule has 0 aliphatic rings. The molecule has 0 saturated heterocycles. The zero-order chi connectivity index (χ0) is 26.9. The average Bonchev–Trinajstić information content (AvgIpc) is 3.30.